The predicted octanol–water partition coefficient (Wildman–Crippen LogP) is 2.31. The molecule has 6 heteroatoms. The Balaban J connectivity index is 1.79. The molecular weight excluding hydrogens is 258 g/mol. The second kappa shape index (κ2) is 6.72. The van der Waals surface area contributed by atoms with E-state index in [2.05, 4.69) is 15.6 Å². The number of aliphatic hydroxyl groups excluding tert-OH is 1. The molecule has 2 heterocycles. The minimum absolute atomic E-state index is 0.202. The Kier molecular flexibility index (Phi) is 4.73. The molecule has 6 nitrogen and oxygen atoms in total. The lowest BCUT2D eigenvalue weighted by Gasteiger charge is -2.17. The first kappa shape index (κ1) is 14.1. The Labute approximate surface area is 116 Å². The summed E-state index contributed by atoms with van der Waals surface area (Å²) in [6, 6.07) is 6.36. The number of aromatic nitrogens is 1. The summed E-state index contributed by atoms with van der Waals surface area (Å²) in [5.74, 6) is 0.492. The number of pyridine rings is 1. The van der Waals surface area contributed by atoms with E-state index in [-0.39, 0.29) is 12.1 Å². The lowest BCUT2D eigenvalue weighted by atomic mass is 10.1. The summed E-state index contributed by atoms with van der Waals surface area (Å²) in [5.41, 5.74) is 0.615. The standard InChI is InChI=1S/C14H17N3O3/c1-10(8-12(18)13-5-3-7-20-13)16-14(19)17-11-4-2-6-15-9-11/h2-7,9-10,12,18H,8H2,1H3,(H2,16,17,19). The minimum Gasteiger partial charge on any atom is -0.467 e. The molecule has 2 rings (SSSR count). The number of hydrogen-bond acceptors (Lipinski definition) is 4. The third kappa shape index (κ3) is 4.10. The van der Waals surface area contributed by atoms with E-state index >= 15 is 0 Å². The van der Waals surface area contributed by atoms with Crippen molar-refractivity contribution in [3.05, 3.63) is 48.7 Å². The smallest absolute Gasteiger partial charge is 0.319 e. The third-order valence-electron chi connectivity index (χ3n) is 2.75. The molecule has 0 aliphatic heterocycles. The monoisotopic (exact) mass is 275 g/mol. The summed E-state index contributed by atoms with van der Waals surface area (Å²) in [5, 5.41) is 15.3. The van der Waals surface area contributed by atoms with E-state index in [9.17, 15) is 9.90 Å². The van der Waals surface area contributed by atoms with Gasteiger partial charge in [-0.2, -0.15) is 0 Å². The van der Waals surface area contributed by atoms with Crippen LogP contribution in [0.15, 0.2) is 47.3 Å². The number of carbonyl (C=O) groups excluding carboxylic acids is 1. The average molecular weight is 275 g/mol. The second-order valence-corrected chi connectivity index (χ2v) is 4.51. The number of anilines is 1. The van der Waals surface area contributed by atoms with Gasteiger partial charge in [-0.05, 0) is 31.2 Å². The van der Waals surface area contributed by atoms with Crippen LogP contribution in [0, 0.1) is 0 Å². The number of nitrogens with zero attached hydrogens (tertiary/aromatic N) is 1. The van der Waals surface area contributed by atoms with Gasteiger partial charge in [0.2, 0.25) is 0 Å². The number of rotatable bonds is 5. The van der Waals surface area contributed by atoms with Crippen LogP contribution >= 0.6 is 0 Å². The molecule has 0 spiro atoms. The molecule has 20 heavy (non-hydrogen) atoms. The van der Waals surface area contributed by atoms with Crippen molar-refractivity contribution in [2.75, 3.05) is 5.32 Å². The van der Waals surface area contributed by atoms with Gasteiger partial charge in [-0.15, -0.1) is 0 Å². The van der Waals surface area contributed by atoms with E-state index in [1.165, 1.54) is 6.26 Å². The van der Waals surface area contributed by atoms with Crippen LogP contribution in [0.5, 0.6) is 0 Å². The molecular formula is C14H17N3O3. The fraction of sp³-hybridized carbons (Fsp3) is 0.286. The van der Waals surface area contributed by atoms with Crippen molar-refractivity contribution in [2.45, 2.75) is 25.5 Å². The van der Waals surface area contributed by atoms with Gasteiger partial charge in [-0.1, -0.05) is 0 Å². The summed E-state index contributed by atoms with van der Waals surface area (Å²) in [4.78, 5) is 15.6. The van der Waals surface area contributed by atoms with Crippen molar-refractivity contribution < 1.29 is 14.3 Å². The van der Waals surface area contributed by atoms with Crippen molar-refractivity contribution in [1.82, 2.24) is 10.3 Å². The molecule has 2 amide bonds. The molecule has 0 saturated heterocycles. The van der Waals surface area contributed by atoms with Gasteiger partial charge >= 0.3 is 6.03 Å². The fourth-order valence-corrected chi connectivity index (χ4v) is 1.82. The number of aliphatic hydroxyl groups is 1. The maximum Gasteiger partial charge on any atom is 0.319 e. The highest BCUT2D eigenvalue weighted by Gasteiger charge is 2.16. The van der Waals surface area contributed by atoms with Crippen LogP contribution in [0.1, 0.15) is 25.2 Å². The first-order valence-corrected chi connectivity index (χ1v) is 6.34. The second-order valence-electron chi connectivity index (χ2n) is 4.51. The summed E-state index contributed by atoms with van der Waals surface area (Å²) in [7, 11) is 0. The minimum atomic E-state index is -0.737. The first-order valence-electron chi connectivity index (χ1n) is 6.34. The Morgan fingerprint density at radius 3 is 2.95 bits per heavy atom. The van der Waals surface area contributed by atoms with Gasteiger partial charge in [0.15, 0.2) is 0 Å². The van der Waals surface area contributed by atoms with Crippen molar-refractivity contribution >= 4 is 11.7 Å². The number of hydrogen-bond donors (Lipinski definition) is 3. The Morgan fingerprint density at radius 1 is 1.45 bits per heavy atom. The number of furan rings is 1. The molecule has 0 aliphatic carbocycles. The summed E-state index contributed by atoms with van der Waals surface area (Å²) in [6.45, 7) is 1.81. The van der Waals surface area contributed by atoms with Gasteiger partial charge in [0.25, 0.3) is 0 Å². The van der Waals surface area contributed by atoms with E-state index in [1.807, 2.05) is 6.92 Å². The zero-order valence-electron chi connectivity index (χ0n) is 11.1. The van der Waals surface area contributed by atoms with Crippen molar-refractivity contribution in [1.29, 1.82) is 0 Å². The Bertz CT molecular complexity index is 528. The molecule has 2 aromatic rings. The van der Waals surface area contributed by atoms with Crippen LogP contribution in [0.3, 0.4) is 0 Å². The molecule has 0 fully saturated rings. The van der Waals surface area contributed by atoms with Crippen LogP contribution in [0.2, 0.25) is 0 Å². The van der Waals surface area contributed by atoms with Crippen molar-refractivity contribution in [3.8, 4) is 0 Å². The summed E-state index contributed by atoms with van der Waals surface area (Å²) < 4.78 is 5.11. The van der Waals surface area contributed by atoms with E-state index < -0.39 is 6.10 Å². The van der Waals surface area contributed by atoms with Gasteiger partial charge in [-0.25, -0.2) is 4.79 Å². The number of urea groups is 1. The molecule has 106 valence electrons. The van der Waals surface area contributed by atoms with E-state index in [1.54, 1.807) is 36.7 Å². The van der Waals surface area contributed by atoms with Crippen LogP contribution in [0.25, 0.3) is 0 Å². The van der Waals surface area contributed by atoms with Crippen molar-refractivity contribution in [3.63, 3.8) is 0 Å². The lowest BCUT2D eigenvalue weighted by Crippen LogP contribution is -2.37. The van der Waals surface area contributed by atoms with Crippen LogP contribution < -0.4 is 10.6 Å². The molecule has 2 atom stereocenters. The summed E-state index contributed by atoms with van der Waals surface area (Å²) >= 11 is 0. The molecule has 0 saturated carbocycles. The third-order valence-corrected chi connectivity index (χ3v) is 2.75. The van der Waals surface area contributed by atoms with Gasteiger partial charge in [0.1, 0.15) is 11.9 Å². The molecule has 3 N–H and O–H groups in total. The molecule has 2 aromatic heterocycles. The lowest BCUT2D eigenvalue weighted by molar-refractivity contribution is 0.130. The van der Waals surface area contributed by atoms with Crippen LogP contribution in [-0.4, -0.2) is 22.2 Å². The first-order chi connectivity index (χ1) is 9.65. The Morgan fingerprint density at radius 2 is 2.30 bits per heavy atom. The van der Waals surface area contributed by atoms with Crippen LogP contribution in [-0.2, 0) is 0 Å². The Hall–Kier alpha value is -2.34. The van der Waals surface area contributed by atoms with Gasteiger partial charge < -0.3 is 20.2 Å². The van der Waals surface area contributed by atoms with Gasteiger partial charge in [0, 0.05) is 18.7 Å². The highest BCUT2D eigenvalue weighted by atomic mass is 16.4. The average Bonchev–Trinajstić information content (AvgIpc) is 2.93. The zero-order valence-corrected chi connectivity index (χ0v) is 11.1. The van der Waals surface area contributed by atoms with Crippen LogP contribution in [0.4, 0.5) is 10.5 Å². The normalized spacial score (nSPS) is 13.5. The predicted molar refractivity (Wildman–Crippen MR) is 74.1 cm³/mol. The maximum absolute atomic E-state index is 11.7. The maximum atomic E-state index is 11.7. The highest BCUT2D eigenvalue weighted by Crippen LogP contribution is 2.18. The zero-order chi connectivity index (χ0) is 14.4. The number of amides is 2. The topological polar surface area (TPSA) is 87.4 Å². The summed E-state index contributed by atoms with van der Waals surface area (Å²) in [6.07, 6.45) is 4.33. The molecule has 2 unspecified atom stereocenters. The van der Waals surface area contributed by atoms with E-state index in [0.717, 1.165) is 0 Å². The molecule has 0 bridgehead atoms. The van der Waals surface area contributed by atoms with E-state index in [4.69, 9.17) is 4.42 Å². The molecule has 0 radical (unpaired) electrons. The quantitative estimate of drug-likeness (QED) is 0.781. The van der Waals surface area contributed by atoms with Gasteiger partial charge in [-0.3, -0.25) is 4.98 Å². The van der Waals surface area contributed by atoms with Crippen molar-refractivity contribution in [2.24, 2.45) is 0 Å². The van der Waals surface area contributed by atoms with E-state index in [0.29, 0.717) is 17.9 Å². The fourth-order valence-electron chi connectivity index (χ4n) is 1.82. The largest absolute Gasteiger partial charge is 0.467 e. The van der Waals surface area contributed by atoms with Gasteiger partial charge in [0.05, 0.1) is 18.1 Å². The SMILES string of the molecule is CC(CC(O)c1ccco1)NC(=O)Nc1cccnc1. The molecule has 0 aromatic carbocycles. The highest BCUT2D eigenvalue weighted by molar-refractivity contribution is 5.89. The number of nitrogens with one attached hydrogen (secondary N) is 2. The molecule has 0 aliphatic rings. The number of carbonyl (C=O) groups is 1.